The van der Waals surface area contributed by atoms with E-state index in [1.807, 2.05) is 6.08 Å². The van der Waals surface area contributed by atoms with E-state index >= 15 is 0 Å². The highest BCUT2D eigenvalue weighted by molar-refractivity contribution is 4.97. The van der Waals surface area contributed by atoms with Crippen molar-refractivity contribution in [2.75, 3.05) is 13.2 Å². The molecule has 0 unspecified atom stereocenters. The maximum absolute atomic E-state index is 9.17. The molecule has 0 atom stereocenters. The summed E-state index contributed by atoms with van der Waals surface area (Å²) < 4.78 is 0. The van der Waals surface area contributed by atoms with E-state index in [4.69, 9.17) is 10.2 Å². The Morgan fingerprint density at radius 2 is 1.92 bits per heavy atom. The lowest BCUT2D eigenvalue weighted by Crippen LogP contribution is -2.29. The van der Waals surface area contributed by atoms with Gasteiger partial charge in [-0.25, -0.2) is 0 Å². The highest BCUT2D eigenvalue weighted by atomic mass is 16.3. The van der Waals surface area contributed by atoms with Gasteiger partial charge in [0, 0.05) is 12.0 Å². The topological polar surface area (TPSA) is 40.5 Å². The molecule has 2 N–H and O–H groups in total. The average molecular weight is 170 g/mol. The smallest absolute Gasteiger partial charge is 0.0521 e. The van der Waals surface area contributed by atoms with Crippen LogP contribution in [0.15, 0.2) is 12.7 Å². The molecule has 1 aliphatic carbocycles. The molecule has 12 heavy (non-hydrogen) atoms. The molecule has 0 heterocycles. The van der Waals surface area contributed by atoms with Crippen LogP contribution in [0.4, 0.5) is 0 Å². The first kappa shape index (κ1) is 9.75. The van der Waals surface area contributed by atoms with Crippen molar-refractivity contribution in [2.24, 2.45) is 11.3 Å². The molecule has 2 nitrogen and oxygen atoms in total. The fraction of sp³-hybridized carbons (Fsp3) is 0.800. The Morgan fingerprint density at radius 3 is 2.25 bits per heavy atom. The molecule has 0 radical (unpaired) electrons. The van der Waals surface area contributed by atoms with Gasteiger partial charge in [0.05, 0.1) is 6.61 Å². The van der Waals surface area contributed by atoms with E-state index in [-0.39, 0.29) is 12.0 Å². The molecule has 0 amide bonds. The standard InChI is InChI=1S/C10H18O2/c1-2-10(8-12)5-3-9(7-11)4-6-10/h2,9,11-12H,1,3-8H2. The summed E-state index contributed by atoms with van der Waals surface area (Å²) in [5.74, 6) is 0.449. The highest BCUT2D eigenvalue weighted by Gasteiger charge is 2.31. The van der Waals surface area contributed by atoms with Crippen molar-refractivity contribution >= 4 is 0 Å². The van der Waals surface area contributed by atoms with Crippen molar-refractivity contribution in [3.8, 4) is 0 Å². The predicted octanol–water partition coefficient (Wildman–Crippen LogP) is 1.33. The van der Waals surface area contributed by atoms with Gasteiger partial charge in [-0.2, -0.15) is 0 Å². The summed E-state index contributed by atoms with van der Waals surface area (Å²) in [5.41, 5.74) is -0.0499. The highest BCUT2D eigenvalue weighted by Crippen LogP contribution is 2.39. The van der Waals surface area contributed by atoms with Crippen LogP contribution in [-0.4, -0.2) is 23.4 Å². The number of rotatable bonds is 3. The molecule has 70 valence electrons. The van der Waals surface area contributed by atoms with Gasteiger partial charge in [0.2, 0.25) is 0 Å². The SMILES string of the molecule is C=CC1(CO)CCC(CO)CC1. The number of aliphatic hydroxyl groups is 2. The average Bonchev–Trinajstić information content (AvgIpc) is 2.18. The maximum atomic E-state index is 9.17. The Labute approximate surface area is 73.9 Å². The first-order valence-corrected chi connectivity index (χ1v) is 4.61. The Morgan fingerprint density at radius 1 is 1.33 bits per heavy atom. The van der Waals surface area contributed by atoms with Gasteiger partial charge in [0.25, 0.3) is 0 Å². The van der Waals surface area contributed by atoms with Crippen LogP contribution in [0.5, 0.6) is 0 Å². The van der Waals surface area contributed by atoms with Crippen LogP contribution in [0.25, 0.3) is 0 Å². The van der Waals surface area contributed by atoms with Crippen LogP contribution in [0, 0.1) is 11.3 Å². The molecule has 1 fully saturated rings. The first-order valence-electron chi connectivity index (χ1n) is 4.61. The van der Waals surface area contributed by atoms with E-state index in [1.165, 1.54) is 0 Å². The second-order valence-electron chi connectivity index (χ2n) is 3.85. The van der Waals surface area contributed by atoms with Crippen LogP contribution in [0.1, 0.15) is 25.7 Å². The predicted molar refractivity (Wildman–Crippen MR) is 48.8 cm³/mol. The minimum absolute atomic E-state index is 0.0499. The largest absolute Gasteiger partial charge is 0.396 e. The lowest BCUT2D eigenvalue weighted by Gasteiger charge is -2.35. The quantitative estimate of drug-likeness (QED) is 0.627. The Balaban J connectivity index is 2.47. The van der Waals surface area contributed by atoms with E-state index in [1.54, 1.807) is 0 Å². The molecule has 0 aliphatic heterocycles. The van der Waals surface area contributed by atoms with Gasteiger partial charge in [0.15, 0.2) is 0 Å². The van der Waals surface area contributed by atoms with E-state index in [0.29, 0.717) is 12.5 Å². The third kappa shape index (κ3) is 1.87. The molecule has 1 rings (SSSR count). The summed E-state index contributed by atoms with van der Waals surface area (Å²) in [5, 5.41) is 18.1. The van der Waals surface area contributed by atoms with Crippen LogP contribution < -0.4 is 0 Å². The van der Waals surface area contributed by atoms with Gasteiger partial charge in [0.1, 0.15) is 0 Å². The molecular weight excluding hydrogens is 152 g/mol. The molecular formula is C10H18O2. The zero-order valence-corrected chi connectivity index (χ0v) is 7.50. The molecule has 0 aromatic carbocycles. The summed E-state index contributed by atoms with van der Waals surface area (Å²) in [6, 6.07) is 0. The van der Waals surface area contributed by atoms with E-state index < -0.39 is 0 Å². The number of hydrogen-bond donors (Lipinski definition) is 2. The van der Waals surface area contributed by atoms with Gasteiger partial charge >= 0.3 is 0 Å². The van der Waals surface area contributed by atoms with Crippen LogP contribution in [-0.2, 0) is 0 Å². The minimum atomic E-state index is -0.0499. The van der Waals surface area contributed by atoms with Gasteiger partial charge in [-0.3, -0.25) is 0 Å². The Kier molecular flexibility index (Phi) is 3.29. The molecule has 0 saturated heterocycles. The number of hydrogen-bond acceptors (Lipinski definition) is 2. The molecule has 0 spiro atoms. The molecule has 0 aromatic rings. The van der Waals surface area contributed by atoms with E-state index in [2.05, 4.69) is 6.58 Å². The summed E-state index contributed by atoms with van der Waals surface area (Å²) in [4.78, 5) is 0. The third-order valence-corrected chi connectivity index (χ3v) is 3.11. The van der Waals surface area contributed by atoms with E-state index in [9.17, 15) is 0 Å². The van der Waals surface area contributed by atoms with Crippen LogP contribution >= 0.6 is 0 Å². The monoisotopic (exact) mass is 170 g/mol. The normalized spacial score (nSPS) is 36.3. The van der Waals surface area contributed by atoms with Gasteiger partial charge < -0.3 is 10.2 Å². The Hall–Kier alpha value is -0.340. The molecule has 1 aliphatic rings. The lowest BCUT2D eigenvalue weighted by atomic mass is 9.71. The molecule has 0 bridgehead atoms. The lowest BCUT2D eigenvalue weighted by molar-refractivity contribution is 0.0852. The molecule has 1 saturated carbocycles. The Bertz CT molecular complexity index is 146. The minimum Gasteiger partial charge on any atom is -0.396 e. The van der Waals surface area contributed by atoms with Gasteiger partial charge in [-0.05, 0) is 31.6 Å². The summed E-state index contributed by atoms with van der Waals surface area (Å²) >= 11 is 0. The van der Waals surface area contributed by atoms with Gasteiger partial charge in [-0.15, -0.1) is 6.58 Å². The number of aliphatic hydroxyl groups excluding tert-OH is 2. The van der Waals surface area contributed by atoms with Crippen molar-refractivity contribution in [1.29, 1.82) is 0 Å². The molecule has 0 aromatic heterocycles. The van der Waals surface area contributed by atoms with E-state index in [0.717, 1.165) is 25.7 Å². The van der Waals surface area contributed by atoms with Crippen LogP contribution in [0.2, 0.25) is 0 Å². The molecule has 2 heteroatoms. The zero-order valence-electron chi connectivity index (χ0n) is 7.50. The second kappa shape index (κ2) is 4.06. The van der Waals surface area contributed by atoms with Crippen molar-refractivity contribution < 1.29 is 10.2 Å². The fourth-order valence-corrected chi connectivity index (χ4v) is 1.86. The summed E-state index contributed by atoms with van der Waals surface area (Å²) in [6.45, 7) is 4.25. The van der Waals surface area contributed by atoms with Gasteiger partial charge in [-0.1, -0.05) is 6.08 Å². The zero-order chi connectivity index (χ0) is 9.03. The van der Waals surface area contributed by atoms with Crippen molar-refractivity contribution in [3.05, 3.63) is 12.7 Å². The van der Waals surface area contributed by atoms with Crippen molar-refractivity contribution in [2.45, 2.75) is 25.7 Å². The summed E-state index contributed by atoms with van der Waals surface area (Å²) in [7, 11) is 0. The van der Waals surface area contributed by atoms with Crippen molar-refractivity contribution in [3.63, 3.8) is 0 Å². The van der Waals surface area contributed by atoms with Crippen molar-refractivity contribution in [1.82, 2.24) is 0 Å². The first-order chi connectivity index (χ1) is 5.76. The van der Waals surface area contributed by atoms with Crippen LogP contribution in [0.3, 0.4) is 0 Å². The maximum Gasteiger partial charge on any atom is 0.0521 e. The summed E-state index contributed by atoms with van der Waals surface area (Å²) in [6.07, 6.45) is 5.85. The third-order valence-electron chi connectivity index (χ3n) is 3.11. The second-order valence-corrected chi connectivity index (χ2v) is 3.85. The fourth-order valence-electron chi connectivity index (χ4n) is 1.86.